The lowest BCUT2D eigenvalue weighted by molar-refractivity contribution is 0.529. The lowest BCUT2D eigenvalue weighted by Gasteiger charge is -2.15. The van der Waals surface area contributed by atoms with E-state index in [1.54, 1.807) is 12.8 Å². The van der Waals surface area contributed by atoms with Crippen LogP contribution in [-0.4, -0.2) is 9.52 Å². The molecule has 0 amide bonds. The third-order valence-corrected chi connectivity index (χ3v) is 7.09. The van der Waals surface area contributed by atoms with Crippen molar-refractivity contribution in [1.82, 2.24) is 0 Å². The van der Waals surface area contributed by atoms with E-state index in [4.69, 9.17) is 0 Å². The summed E-state index contributed by atoms with van der Waals surface area (Å²) in [5.41, 5.74) is 1.18. The maximum Gasteiger partial charge on any atom is 0.0229 e. The van der Waals surface area contributed by atoms with E-state index >= 15 is 0 Å². The molecule has 0 aromatic rings. The lowest BCUT2D eigenvalue weighted by atomic mass is 10.0. The molecule has 0 heterocycles. The molecule has 0 spiro atoms. The minimum atomic E-state index is 0.245. The number of hydrogen-bond donors (Lipinski definition) is 0. The first-order valence-electron chi connectivity index (χ1n) is 10.3. The van der Waals surface area contributed by atoms with Crippen LogP contribution in [0.4, 0.5) is 0 Å². The second-order valence-electron chi connectivity index (χ2n) is 7.12. The molecular weight excluding hydrogens is 268 g/mol. The summed E-state index contributed by atoms with van der Waals surface area (Å²) >= 11 is 0. The Labute approximate surface area is 138 Å². The number of unbranched alkanes of at least 4 members (excludes halogenated alkanes) is 11. The van der Waals surface area contributed by atoms with Gasteiger partial charge in [0.25, 0.3) is 0 Å². The molecule has 0 nitrogen and oxygen atoms in total. The molecule has 0 fully saturated rings. The molecule has 0 radical (unpaired) electrons. The molecule has 0 aliphatic carbocycles. The molecule has 1 heteroatoms. The summed E-state index contributed by atoms with van der Waals surface area (Å²) in [6, 6.07) is 1.52. The van der Waals surface area contributed by atoms with E-state index in [-0.39, 0.29) is 9.52 Å². The van der Waals surface area contributed by atoms with Crippen molar-refractivity contribution in [2.75, 3.05) is 0 Å². The van der Waals surface area contributed by atoms with E-state index < -0.39 is 0 Å². The zero-order valence-corrected chi connectivity index (χ0v) is 17.0. The van der Waals surface area contributed by atoms with E-state index in [1.165, 1.54) is 95.1 Å². The standard InChI is InChI=1S/C20H44Si/c1-4-7-9-11-12-13-15-17-19-20(21-6-3)18-16-14-10-8-5-2/h20H,4-19,21H2,1-3H3. The smallest absolute Gasteiger partial charge is 0.0229 e. The third kappa shape index (κ3) is 16.4. The van der Waals surface area contributed by atoms with Crippen LogP contribution < -0.4 is 0 Å². The molecular formula is C20H44Si. The minimum Gasteiger partial charge on any atom is -0.0683 e. The van der Waals surface area contributed by atoms with Gasteiger partial charge in [-0.1, -0.05) is 129 Å². The fourth-order valence-electron chi connectivity index (χ4n) is 3.44. The van der Waals surface area contributed by atoms with Gasteiger partial charge in [0.15, 0.2) is 0 Å². The van der Waals surface area contributed by atoms with Crippen LogP contribution in [0.2, 0.25) is 11.6 Å². The molecule has 0 N–H and O–H groups in total. The van der Waals surface area contributed by atoms with Gasteiger partial charge in [-0.3, -0.25) is 0 Å². The molecule has 0 aromatic heterocycles. The van der Waals surface area contributed by atoms with Crippen molar-refractivity contribution in [3.63, 3.8) is 0 Å². The highest BCUT2D eigenvalue weighted by molar-refractivity contribution is 6.37. The van der Waals surface area contributed by atoms with Crippen molar-refractivity contribution in [2.24, 2.45) is 0 Å². The van der Waals surface area contributed by atoms with Gasteiger partial charge in [-0.25, -0.2) is 0 Å². The zero-order chi connectivity index (χ0) is 15.6. The maximum absolute atomic E-state index is 2.42. The Morgan fingerprint density at radius 2 is 0.905 bits per heavy atom. The highest BCUT2D eigenvalue weighted by atomic mass is 28.2. The maximum atomic E-state index is 2.42. The first kappa shape index (κ1) is 21.2. The molecule has 0 aliphatic rings. The number of rotatable bonds is 17. The summed E-state index contributed by atoms with van der Waals surface area (Å²) in [5, 5.41) is 0. The summed E-state index contributed by atoms with van der Waals surface area (Å²) in [4.78, 5) is 0. The van der Waals surface area contributed by atoms with Crippen molar-refractivity contribution in [3.05, 3.63) is 0 Å². The van der Waals surface area contributed by atoms with Crippen LogP contribution >= 0.6 is 0 Å². The van der Waals surface area contributed by atoms with Crippen molar-refractivity contribution >= 4 is 9.52 Å². The van der Waals surface area contributed by atoms with E-state index in [0.29, 0.717) is 0 Å². The molecule has 0 rings (SSSR count). The molecule has 1 atom stereocenters. The monoisotopic (exact) mass is 312 g/mol. The van der Waals surface area contributed by atoms with Crippen molar-refractivity contribution < 1.29 is 0 Å². The fourth-order valence-corrected chi connectivity index (χ4v) is 5.42. The van der Waals surface area contributed by atoms with Crippen LogP contribution in [0.25, 0.3) is 0 Å². The van der Waals surface area contributed by atoms with Gasteiger partial charge in [0, 0.05) is 9.52 Å². The van der Waals surface area contributed by atoms with Crippen molar-refractivity contribution in [2.45, 2.75) is 129 Å². The van der Waals surface area contributed by atoms with Gasteiger partial charge < -0.3 is 0 Å². The topological polar surface area (TPSA) is 0 Å². The first-order valence-corrected chi connectivity index (χ1v) is 12.2. The van der Waals surface area contributed by atoms with E-state index in [0.717, 1.165) is 0 Å². The second kappa shape index (κ2) is 18.3. The van der Waals surface area contributed by atoms with Gasteiger partial charge >= 0.3 is 0 Å². The van der Waals surface area contributed by atoms with Gasteiger partial charge in [-0.05, 0) is 0 Å². The molecule has 1 unspecified atom stereocenters. The molecule has 0 bridgehead atoms. The van der Waals surface area contributed by atoms with Gasteiger partial charge in [0.2, 0.25) is 0 Å². The Morgan fingerprint density at radius 3 is 1.29 bits per heavy atom. The van der Waals surface area contributed by atoms with E-state index in [1.807, 2.05) is 0 Å². The van der Waals surface area contributed by atoms with Crippen molar-refractivity contribution in [1.29, 1.82) is 0 Å². The Kier molecular flexibility index (Phi) is 18.5. The average Bonchev–Trinajstić information content (AvgIpc) is 2.49. The summed E-state index contributed by atoms with van der Waals surface area (Å²) in [6.07, 6.45) is 22.3. The highest BCUT2D eigenvalue weighted by Crippen LogP contribution is 2.24. The van der Waals surface area contributed by atoms with Crippen LogP contribution in [-0.2, 0) is 0 Å². The Bertz CT molecular complexity index is 179. The zero-order valence-electron chi connectivity index (χ0n) is 15.6. The Hall–Kier alpha value is 0.217. The molecule has 0 saturated heterocycles. The summed E-state index contributed by atoms with van der Waals surface area (Å²) < 4.78 is 0. The Balaban J connectivity index is 3.42. The summed E-state index contributed by atoms with van der Waals surface area (Å²) in [7, 11) is 0.245. The molecule has 21 heavy (non-hydrogen) atoms. The highest BCUT2D eigenvalue weighted by Gasteiger charge is 2.07. The van der Waals surface area contributed by atoms with Crippen LogP contribution in [0.15, 0.2) is 0 Å². The van der Waals surface area contributed by atoms with Crippen LogP contribution in [0.3, 0.4) is 0 Å². The Morgan fingerprint density at radius 1 is 0.524 bits per heavy atom. The fraction of sp³-hybridized carbons (Fsp3) is 1.00. The lowest BCUT2D eigenvalue weighted by Crippen LogP contribution is -2.03. The first-order chi connectivity index (χ1) is 10.3. The number of hydrogen-bond acceptors (Lipinski definition) is 0. The second-order valence-corrected chi connectivity index (χ2v) is 9.85. The third-order valence-electron chi connectivity index (χ3n) is 4.88. The predicted molar refractivity (Wildman–Crippen MR) is 103 cm³/mol. The molecule has 0 aromatic carbocycles. The van der Waals surface area contributed by atoms with Gasteiger partial charge in [-0.15, -0.1) is 0 Å². The molecule has 128 valence electrons. The van der Waals surface area contributed by atoms with Crippen molar-refractivity contribution in [3.8, 4) is 0 Å². The summed E-state index contributed by atoms with van der Waals surface area (Å²) in [6.45, 7) is 7.04. The quantitative estimate of drug-likeness (QED) is 0.196. The minimum absolute atomic E-state index is 0.245. The summed E-state index contributed by atoms with van der Waals surface area (Å²) in [5.74, 6) is 0. The van der Waals surface area contributed by atoms with Crippen LogP contribution in [0, 0.1) is 0 Å². The van der Waals surface area contributed by atoms with Crippen LogP contribution in [0.1, 0.15) is 117 Å². The normalized spacial score (nSPS) is 13.3. The molecule has 0 saturated carbocycles. The average molecular weight is 313 g/mol. The van der Waals surface area contributed by atoms with Crippen LogP contribution in [0.5, 0.6) is 0 Å². The van der Waals surface area contributed by atoms with Gasteiger partial charge in [-0.2, -0.15) is 0 Å². The van der Waals surface area contributed by atoms with E-state index in [2.05, 4.69) is 20.8 Å². The SMILES string of the molecule is CCCCCCCCCCC(CCCCCCC)[SiH2]CC. The van der Waals surface area contributed by atoms with Gasteiger partial charge in [0.05, 0.1) is 0 Å². The van der Waals surface area contributed by atoms with Gasteiger partial charge in [0.1, 0.15) is 0 Å². The largest absolute Gasteiger partial charge is 0.0683 e. The molecule has 0 aliphatic heterocycles. The predicted octanol–water partition coefficient (Wildman–Crippen LogP) is 7.27. The van der Waals surface area contributed by atoms with E-state index in [9.17, 15) is 0 Å².